The van der Waals surface area contributed by atoms with E-state index in [2.05, 4.69) is 5.32 Å². The first kappa shape index (κ1) is 16.0. The Labute approximate surface area is 125 Å². The predicted molar refractivity (Wildman–Crippen MR) is 77.7 cm³/mol. The van der Waals surface area contributed by atoms with Crippen LogP contribution in [0.15, 0.2) is 40.8 Å². The van der Waals surface area contributed by atoms with Gasteiger partial charge in [0.2, 0.25) is 0 Å². The molecule has 0 saturated heterocycles. The van der Waals surface area contributed by atoms with Crippen LogP contribution in [-0.4, -0.2) is 5.76 Å². The number of halogens is 3. The summed E-state index contributed by atoms with van der Waals surface area (Å²) >= 11 is 0.524. The van der Waals surface area contributed by atoms with Crippen molar-refractivity contribution in [1.29, 1.82) is 0 Å². The fraction of sp³-hybridized carbons (Fsp3) is 0.333. The van der Waals surface area contributed by atoms with Gasteiger partial charge < -0.3 is 9.73 Å². The van der Waals surface area contributed by atoms with Crippen molar-refractivity contribution in [2.45, 2.75) is 31.0 Å². The van der Waals surface area contributed by atoms with Crippen molar-refractivity contribution in [2.24, 2.45) is 0 Å². The second kappa shape index (κ2) is 7.56. The molecule has 1 atom stereocenters. The number of hydrogen-bond donors (Lipinski definition) is 1. The Hall–Kier alpha value is -1.40. The minimum absolute atomic E-state index is 0.139. The standard InChI is InChI=1S/C15H16F3NOS/c1-10(13-4-2-3-5-14(13)16)19-8-11-6-7-12(20-11)9-21-15(17)18/h2-7,10,15,19H,8-9H2,1H3/t10-/m1/s1. The molecule has 114 valence electrons. The van der Waals surface area contributed by atoms with Gasteiger partial charge in [0.05, 0.1) is 12.3 Å². The first-order valence-corrected chi connectivity index (χ1v) is 7.56. The smallest absolute Gasteiger partial charge is 0.284 e. The van der Waals surface area contributed by atoms with E-state index >= 15 is 0 Å². The molecule has 0 fully saturated rings. The Morgan fingerprint density at radius 2 is 1.86 bits per heavy atom. The van der Waals surface area contributed by atoms with E-state index in [-0.39, 0.29) is 17.6 Å². The number of rotatable bonds is 7. The monoisotopic (exact) mass is 315 g/mol. The minimum atomic E-state index is -2.40. The van der Waals surface area contributed by atoms with E-state index in [1.54, 1.807) is 30.3 Å². The summed E-state index contributed by atoms with van der Waals surface area (Å²) < 4.78 is 43.2. The zero-order chi connectivity index (χ0) is 15.2. The van der Waals surface area contributed by atoms with Gasteiger partial charge in [-0.1, -0.05) is 30.0 Å². The molecule has 0 aliphatic carbocycles. The Bertz CT molecular complexity index is 574. The average Bonchev–Trinajstić information content (AvgIpc) is 2.91. The normalized spacial score (nSPS) is 12.8. The third kappa shape index (κ3) is 4.82. The summed E-state index contributed by atoms with van der Waals surface area (Å²) in [6, 6.07) is 9.81. The summed E-state index contributed by atoms with van der Waals surface area (Å²) in [4.78, 5) is 0. The number of thioether (sulfide) groups is 1. The lowest BCUT2D eigenvalue weighted by Gasteiger charge is -2.13. The Balaban J connectivity index is 1.87. The van der Waals surface area contributed by atoms with E-state index in [9.17, 15) is 13.2 Å². The second-order valence-electron chi connectivity index (χ2n) is 4.56. The molecule has 0 saturated carbocycles. The van der Waals surface area contributed by atoms with Crippen LogP contribution in [0, 0.1) is 5.82 Å². The van der Waals surface area contributed by atoms with Gasteiger partial charge in [0.25, 0.3) is 5.76 Å². The van der Waals surface area contributed by atoms with Gasteiger partial charge in [-0.3, -0.25) is 0 Å². The third-order valence-corrected chi connectivity index (χ3v) is 3.73. The van der Waals surface area contributed by atoms with Crippen molar-refractivity contribution in [3.8, 4) is 0 Å². The van der Waals surface area contributed by atoms with Crippen molar-refractivity contribution in [3.05, 3.63) is 59.3 Å². The quantitative estimate of drug-likeness (QED) is 0.800. The molecule has 0 aliphatic heterocycles. The van der Waals surface area contributed by atoms with Gasteiger partial charge in [0.1, 0.15) is 17.3 Å². The van der Waals surface area contributed by atoms with Crippen molar-refractivity contribution < 1.29 is 17.6 Å². The molecule has 0 spiro atoms. The number of nitrogens with one attached hydrogen (secondary N) is 1. The molecule has 1 N–H and O–H groups in total. The molecule has 6 heteroatoms. The molecule has 1 aromatic heterocycles. The van der Waals surface area contributed by atoms with E-state index in [1.807, 2.05) is 6.92 Å². The highest BCUT2D eigenvalue weighted by Gasteiger charge is 2.11. The zero-order valence-corrected chi connectivity index (χ0v) is 12.3. The van der Waals surface area contributed by atoms with Gasteiger partial charge >= 0.3 is 0 Å². The highest BCUT2D eigenvalue weighted by atomic mass is 32.2. The lowest BCUT2D eigenvalue weighted by molar-refractivity contribution is 0.251. The highest BCUT2D eigenvalue weighted by Crippen LogP contribution is 2.22. The maximum Gasteiger partial charge on any atom is 0.284 e. The lowest BCUT2D eigenvalue weighted by atomic mass is 10.1. The fourth-order valence-corrected chi connectivity index (χ4v) is 2.38. The van der Waals surface area contributed by atoms with Crippen LogP contribution in [0.2, 0.25) is 0 Å². The number of furan rings is 1. The van der Waals surface area contributed by atoms with Crippen molar-refractivity contribution in [2.75, 3.05) is 0 Å². The first-order valence-electron chi connectivity index (χ1n) is 6.51. The summed E-state index contributed by atoms with van der Waals surface area (Å²) in [6.45, 7) is 2.27. The molecular weight excluding hydrogens is 299 g/mol. The van der Waals surface area contributed by atoms with E-state index in [0.29, 0.717) is 35.4 Å². The largest absolute Gasteiger partial charge is 0.464 e. The fourth-order valence-electron chi connectivity index (χ4n) is 1.93. The van der Waals surface area contributed by atoms with E-state index < -0.39 is 5.76 Å². The van der Waals surface area contributed by atoms with E-state index in [0.717, 1.165) is 0 Å². The van der Waals surface area contributed by atoms with E-state index in [4.69, 9.17) is 4.42 Å². The number of benzene rings is 1. The summed E-state index contributed by atoms with van der Waals surface area (Å²) in [5, 5.41) is 3.15. The maximum atomic E-state index is 13.6. The SMILES string of the molecule is C[C@@H](NCc1ccc(CSC(F)F)o1)c1ccccc1F. The van der Waals surface area contributed by atoms with Crippen LogP contribution in [0.4, 0.5) is 13.2 Å². The van der Waals surface area contributed by atoms with Crippen LogP contribution in [-0.2, 0) is 12.3 Å². The molecule has 0 unspecified atom stereocenters. The zero-order valence-electron chi connectivity index (χ0n) is 11.5. The van der Waals surface area contributed by atoms with Crippen LogP contribution in [0.3, 0.4) is 0 Å². The molecule has 0 aliphatic rings. The van der Waals surface area contributed by atoms with Gasteiger partial charge in [0.15, 0.2) is 0 Å². The Kier molecular flexibility index (Phi) is 5.76. The third-order valence-electron chi connectivity index (χ3n) is 3.02. The molecular formula is C15H16F3NOS. The van der Waals surface area contributed by atoms with Crippen LogP contribution in [0.5, 0.6) is 0 Å². The summed E-state index contributed by atoms with van der Waals surface area (Å²) in [7, 11) is 0. The van der Waals surface area contributed by atoms with Gasteiger partial charge in [-0.05, 0) is 25.1 Å². The molecule has 2 rings (SSSR count). The molecule has 2 aromatic rings. The van der Waals surface area contributed by atoms with Gasteiger partial charge in [-0.2, -0.15) is 8.78 Å². The number of hydrogen-bond acceptors (Lipinski definition) is 3. The van der Waals surface area contributed by atoms with Crippen molar-refractivity contribution >= 4 is 11.8 Å². The number of alkyl halides is 2. The molecule has 0 amide bonds. The summed E-state index contributed by atoms with van der Waals surface area (Å²) in [5.41, 5.74) is 0.581. The molecule has 2 nitrogen and oxygen atoms in total. The van der Waals surface area contributed by atoms with Gasteiger partial charge in [-0.15, -0.1) is 0 Å². The predicted octanol–water partition coefficient (Wildman–Crippen LogP) is 4.73. The minimum Gasteiger partial charge on any atom is -0.464 e. The van der Waals surface area contributed by atoms with Crippen LogP contribution >= 0.6 is 11.8 Å². The molecule has 1 heterocycles. The van der Waals surface area contributed by atoms with Crippen LogP contribution in [0.25, 0.3) is 0 Å². The Morgan fingerprint density at radius 1 is 1.14 bits per heavy atom. The maximum absolute atomic E-state index is 13.6. The topological polar surface area (TPSA) is 25.2 Å². The Morgan fingerprint density at radius 3 is 2.57 bits per heavy atom. The van der Waals surface area contributed by atoms with Crippen LogP contribution in [0.1, 0.15) is 30.0 Å². The van der Waals surface area contributed by atoms with Gasteiger partial charge in [0, 0.05) is 11.6 Å². The molecule has 0 radical (unpaired) electrons. The van der Waals surface area contributed by atoms with Crippen molar-refractivity contribution in [3.63, 3.8) is 0 Å². The first-order chi connectivity index (χ1) is 10.1. The van der Waals surface area contributed by atoms with E-state index in [1.165, 1.54) is 6.07 Å². The van der Waals surface area contributed by atoms with Gasteiger partial charge in [-0.25, -0.2) is 4.39 Å². The second-order valence-corrected chi connectivity index (χ2v) is 5.54. The summed E-state index contributed by atoms with van der Waals surface area (Å²) in [6.07, 6.45) is 0. The molecule has 1 aromatic carbocycles. The summed E-state index contributed by atoms with van der Waals surface area (Å²) in [5.74, 6) is -1.37. The van der Waals surface area contributed by atoms with Crippen LogP contribution < -0.4 is 5.32 Å². The lowest BCUT2D eigenvalue weighted by Crippen LogP contribution is -2.18. The highest BCUT2D eigenvalue weighted by molar-refractivity contribution is 7.98. The molecule has 0 bridgehead atoms. The molecule has 21 heavy (non-hydrogen) atoms. The average molecular weight is 315 g/mol. The van der Waals surface area contributed by atoms with Crippen molar-refractivity contribution in [1.82, 2.24) is 5.32 Å².